The molecule has 1 saturated heterocycles. The predicted octanol–water partition coefficient (Wildman–Crippen LogP) is 2.00. The molecule has 4 nitrogen and oxygen atoms in total. The van der Waals surface area contributed by atoms with E-state index in [-0.39, 0.29) is 16.9 Å². The van der Waals surface area contributed by atoms with Crippen LogP contribution in [0, 0.1) is 17.3 Å². The smallest absolute Gasteiger partial charge is 0.234 e. The van der Waals surface area contributed by atoms with Crippen LogP contribution in [0.5, 0.6) is 0 Å². The molecule has 3 atom stereocenters. The minimum atomic E-state index is -0.0242. The lowest BCUT2D eigenvalue weighted by Gasteiger charge is -2.48. The minimum absolute atomic E-state index is 0.0242. The summed E-state index contributed by atoms with van der Waals surface area (Å²) in [6.45, 7) is 11.9. The standard InChI is InChI=1S/C18H33N3O/c1-17(2)14-6-7-15(12-14)18(17,3)20-16(22)13-19-8-11-21-9-4-5-10-21/h14-15,19H,4-13H2,1-3H3,(H,20,22)/t14-,15-,18-/m1/s1. The highest BCUT2D eigenvalue weighted by atomic mass is 16.2. The minimum Gasteiger partial charge on any atom is -0.349 e. The van der Waals surface area contributed by atoms with Crippen LogP contribution < -0.4 is 10.6 Å². The van der Waals surface area contributed by atoms with Gasteiger partial charge in [0.1, 0.15) is 0 Å². The summed E-state index contributed by atoms with van der Waals surface area (Å²) in [5, 5.41) is 6.71. The molecular weight excluding hydrogens is 274 g/mol. The van der Waals surface area contributed by atoms with E-state index >= 15 is 0 Å². The van der Waals surface area contributed by atoms with Gasteiger partial charge in [-0.3, -0.25) is 4.79 Å². The normalized spacial score (nSPS) is 36.9. The summed E-state index contributed by atoms with van der Waals surface area (Å²) in [4.78, 5) is 14.9. The number of nitrogens with zero attached hydrogens (tertiary/aromatic N) is 1. The van der Waals surface area contributed by atoms with Crippen molar-refractivity contribution in [3.63, 3.8) is 0 Å². The van der Waals surface area contributed by atoms with Crippen LogP contribution in [0.25, 0.3) is 0 Å². The number of hydrogen-bond acceptors (Lipinski definition) is 3. The molecule has 0 aromatic heterocycles. The Kier molecular flexibility index (Phi) is 4.52. The highest BCUT2D eigenvalue weighted by Gasteiger charge is 2.60. The van der Waals surface area contributed by atoms with Gasteiger partial charge in [-0.15, -0.1) is 0 Å². The zero-order valence-corrected chi connectivity index (χ0v) is 14.6. The fraction of sp³-hybridized carbons (Fsp3) is 0.944. The molecule has 2 N–H and O–H groups in total. The second-order valence-corrected chi connectivity index (χ2v) is 8.40. The van der Waals surface area contributed by atoms with Crippen LogP contribution in [0.4, 0.5) is 0 Å². The van der Waals surface area contributed by atoms with Gasteiger partial charge >= 0.3 is 0 Å². The SMILES string of the molecule is CC1(C)[C@@H]2CC[C@H](C2)[C@@]1(C)NC(=O)CNCCN1CCCC1. The van der Waals surface area contributed by atoms with Crippen LogP contribution in [0.15, 0.2) is 0 Å². The van der Waals surface area contributed by atoms with Crippen LogP contribution in [0.1, 0.15) is 52.9 Å². The van der Waals surface area contributed by atoms with Gasteiger partial charge in [0.05, 0.1) is 6.54 Å². The van der Waals surface area contributed by atoms with Crippen molar-refractivity contribution in [3.8, 4) is 0 Å². The van der Waals surface area contributed by atoms with E-state index in [1.807, 2.05) is 0 Å². The van der Waals surface area contributed by atoms with Crippen molar-refractivity contribution in [2.24, 2.45) is 17.3 Å². The molecule has 0 spiro atoms. The van der Waals surface area contributed by atoms with Gasteiger partial charge in [0.25, 0.3) is 0 Å². The summed E-state index contributed by atoms with van der Waals surface area (Å²) in [6, 6.07) is 0. The van der Waals surface area contributed by atoms with Gasteiger partial charge in [-0.2, -0.15) is 0 Å². The van der Waals surface area contributed by atoms with E-state index < -0.39 is 0 Å². The molecule has 3 fully saturated rings. The third kappa shape index (κ3) is 2.80. The van der Waals surface area contributed by atoms with Crippen LogP contribution >= 0.6 is 0 Å². The number of carbonyl (C=O) groups excluding carboxylic acids is 1. The lowest BCUT2D eigenvalue weighted by molar-refractivity contribution is -0.124. The molecule has 2 bridgehead atoms. The first kappa shape index (κ1) is 16.3. The van der Waals surface area contributed by atoms with Gasteiger partial charge in [-0.05, 0) is 69.4 Å². The van der Waals surface area contributed by atoms with Crippen molar-refractivity contribution in [2.75, 3.05) is 32.7 Å². The predicted molar refractivity (Wildman–Crippen MR) is 89.7 cm³/mol. The fourth-order valence-corrected chi connectivity index (χ4v) is 5.15. The number of likely N-dealkylation sites (tertiary alicyclic amines) is 1. The Labute approximate surface area is 135 Å². The summed E-state index contributed by atoms with van der Waals surface area (Å²) >= 11 is 0. The first-order valence-electron chi connectivity index (χ1n) is 9.17. The lowest BCUT2D eigenvalue weighted by atomic mass is 9.64. The Balaban J connectivity index is 1.43. The zero-order valence-electron chi connectivity index (χ0n) is 14.6. The first-order chi connectivity index (χ1) is 10.4. The molecule has 4 heteroatoms. The number of rotatable bonds is 6. The average molecular weight is 307 g/mol. The van der Waals surface area contributed by atoms with Crippen LogP contribution in [-0.4, -0.2) is 49.1 Å². The third-order valence-corrected chi connectivity index (χ3v) is 7.10. The summed E-state index contributed by atoms with van der Waals surface area (Å²) in [5.74, 6) is 1.62. The van der Waals surface area contributed by atoms with E-state index in [0.717, 1.165) is 19.0 Å². The van der Waals surface area contributed by atoms with Crippen molar-refractivity contribution < 1.29 is 4.79 Å². The number of amides is 1. The number of nitrogens with one attached hydrogen (secondary N) is 2. The number of hydrogen-bond donors (Lipinski definition) is 2. The van der Waals surface area contributed by atoms with E-state index in [2.05, 4.69) is 36.3 Å². The van der Waals surface area contributed by atoms with Crippen molar-refractivity contribution in [1.29, 1.82) is 0 Å². The molecule has 0 radical (unpaired) electrons. The Morgan fingerprint density at radius 2 is 1.82 bits per heavy atom. The van der Waals surface area contributed by atoms with E-state index in [0.29, 0.717) is 12.5 Å². The van der Waals surface area contributed by atoms with E-state index in [1.165, 1.54) is 45.2 Å². The third-order valence-electron chi connectivity index (χ3n) is 7.10. The monoisotopic (exact) mass is 307 g/mol. The van der Waals surface area contributed by atoms with Crippen LogP contribution in [-0.2, 0) is 4.79 Å². The molecule has 0 aromatic rings. The van der Waals surface area contributed by atoms with Gasteiger partial charge in [-0.25, -0.2) is 0 Å². The molecule has 3 aliphatic rings. The summed E-state index contributed by atoms with van der Waals surface area (Å²) in [5.41, 5.74) is 0.199. The van der Waals surface area contributed by atoms with E-state index in [9.17, 15) is 4.79 Å². The molecule has 1 heterocycles. The first-order valence-corrected chi connectivity index (χ1v) is 9.17. The largest absolute Gasteiger partial charge is 0.349 e. The maximum Gasteiger partial charge on any atom is 0.234 e. The second kappa shape index (κ2) is 6.12. The molecular formula is C18H33N3O. The molecule has 2 saturated carbocycles. The quantitative estimate of drug-likeness (QED) is 0.738. The lowest BCUT2D eigenvalue weighted by Crippen LogP contribution is -2.60. The second-order valence-electron chi connectivity index (χ2n) is 8.40. The molecule has 2 aliphatic carbocycles. The van der Waals surface area contributed by atoms with Crippen LogP contribution in [0.3, 0.4) is 0 Å². The summed E-state index contributed by atoms with van der Waals surface area (Å²) in [7, 11) is 0. The molecule has 0 aromatic carbocycles. The van der Waals surface area contributed by atoms with Gasteiger partial charge in [0, 0.05) is 18.6 Å². The van der Waals surface area contributed by atoms with Crippen LogP contribution in [0.2, 0.25) is 0 Å². The molecule has 126 valence electrons. The molecule has 1 aliphatic heterocycles. The van der Waals surface area contributed by atoms with Gasteiger partial charge in [0.2, 0.25) is 5.91 Å². The molecule has 0 unspecified atom stereocenters. The highest BCUT2D eigenvalue weighted by molar-refractivity contribution is 5.79. The molecule has 22 heavy (non-hydrogen) atoms. The Bertz CT molecular complexity index is 417. The Morgan fingerprint density at radius 3 is 2.45 bits per heavy atom. The maximum atomic E-state index is 12.4. The van der Waals surface area contributed by atoms with Crippen molar-refractivity contribution in [2.45, 2.75) is 58.4 Å². The molecule has 3 rings (SSSR count). The summed E-state index contributed by atoms with van der Waals surface area (Å²) < 4.78 is 0. The van der Waals surface area contributed by atoms with Crippen molar-refractivity contribution in [1.82, 2.24) is 15.5 Å². The number of fused-ring (bicyclic) bond motifs is 2. The average Bonchev–Trinajstić information content (AvgIpc) is 3.16. The van der Waals surface area contributed by atoms with Gasteiger partial charge in [-0.1, -0.05) is 13.8 Å². The van der Waals surface area contributed by atoms with Gasteiger partial charge < -0.3 is 15.5 Å². The zero-order chi connectivity index (χ0) is 15.8. The van der Waals surface area contributed by atoms with Gasteiger partial charge in [0.15, 0.2) is 0 Å². The highest BCUT2D eigenvalue weighted by Crippen LogP contribution is 2.61. The Morgan fingerprint density at radius 1 is 1.14 bits per heavy atom. The van der Waals surface area contributed by atoms with Crippen molar-refractivity contribution >= 4 is 5.91 Å². The summed E-state index contributed by atoms with van der Waals surface area (Å²) in [6.07, 6.45) is 6.59. The molecule has 1 amide bonds. The number of carbonyl (C=O) groups is 1. The van der Waals surface area contributed by atoms with E-state index in [4.69, 9.17) is 0 Å². The maximum absolute atomic E-state index is 12.4. The van der Waals surface area contributed by atoms with Crippen molar-refractivity contribution in [3.05, 3.63) is 0 Å². The van der Waals surface area contributed by atoms with E-state index in [1.54, 1.807) is 0 Å². The fourth-order valence-electron chi connectivity index (χ4n) is 5.15. The topological polar surface area (TPSA) is 44.4 Å². The Hall–Kier alpha value is -0.610.